The van der Waals surface area contributed by atoms with Gasteiger partial charge in [-0.1, -0.05) is 37.1 Å². The summed E-state index contributed by atoms with van der Waals surface area (Å²) in [6, 6.07) is 11.1. The van der Waals surface area contributed by atoms with Crippen molar-refractivity contribution in [3.63, 3.8) is 0 Å². The molecule has 2 atom stereocenters. The van der Waals surface area contributed by atoms with Gasteiger partial charge in [-0.25, -0.2) is 0 Å². The average molecular weight is 269 g/mol. The number of pyridine rings is 1. The highest BCUT2D eigenvalue weighted by atomic mass is 14.9. The van der Waals surface area contributed by atoms with Crippen molar-refractivity contribution in [1.29, 1.82) is 0 Å². The van der Waals surface area contributed by atoms with E-state index in [9.17, 15) is 0 Å². The standard InChI is InChI=1S/C17H23N3/c18-11-14-5-1-2-9-16(14)20-12-15-7-3-6-13-8-4-10-19-17(13)15/h3-4,6-8,10,14,16,20H,1-2,5,9,11-12,18H2. The predicted octanol–water partition coefficient (Wildman–Crippen LogP) is 2.84. The lowest BCUT2D eigenvalue weighted by atomic mass is 9.84. The average Bonchev–Trinajstić information content (AvgIpc) is 2.53. The summed E-state index contributed by atoms with van der Waals surface area (Å²) in [5, 5.41) is 4.92. The van der Waals surface area contributed by atoms with Crippen molar-refractivity contribution >= 4 is 10.9 Å². The van der Waals surface area contributed by atoms with Crippen LogP contribution < -0.4 is 11.1 Å². The van der Waals surface area contributed by atoms with Crippen molar-refractivity contribution in [1.82, 2.24) is 10.3 Å². The normalized spacial score (nSPS) is 23.1. The van der Waals surface area contributed by atoms with Gasteiger partial charge >= 0.3 is 0 Å². The van der Waals surface area contributed by atoms with Crippen molar-refractivity contribution in [2.75, 3.05) is 6.54 Å². The van der Waals surface area contributed by atoms with Crippen LogP contribution in [0.25, 0.3) is 10.9 Å². The third kappa shape index (κ3) is 2.84. The minimum atomic E-state index is 0.563. The minimum Gasteiger partial charge on any atom is -0.330 e. The number of hydrogen-bond acceptors (Lipinski definition) is 3. The van der Waals surface area contributed by atoms with E-state index in [2.05, 4.69) is 34.6 Å². The smallest absolute Gasteiger partial charge is 0.0746 e. The van der Waals surface area contributed by atoms with Gasteiger partial charge in [0.15, 0.2) is 0 Å². The van der Waals surface area contributed by atoms with Crippen LogP contribution in [0.5, 0.6) is 0 Å². The van der Waals surface area contributed by atoms with Crippen molar-refractivity contribution in [3.8, 4) is 0 Å². The topological polar surface area (TPSA) is 50.9 Å². The lowest BCUT2D eigenvalue weighted by molar-refractivity contribution is 0.267. The molecular formula is C17H23N3. The molecule has 2 aromatic rings. The van der Waals surface area contributed by atoms with Crippen LogP contribution in [0.15, 0.2) is 36.5 Å². The molecule has 0 bridgehead atoms. The summed E-state index contributed by atoms with van der Waals surface area (Å²) in [6.07, 6.45) is 7.04. The lowest BCUT2D eigenvalue weighted by Crippen LogP contribution is -2.41. The van der Waals surface area contributed by atoms with Gasteiger partial charge in [-0.2, -0.15) is 0 Å². The number of nitrogens with zero attached hydrogens (tertiary/aromatic N) is 1. The largest absolute Gasteiger partial charge is 0.330 e. The fourth-order valence-corrected chi connectivity index (χ4v) is 3.31. The first-order valence-electron chi connectivity index (χ1n) is 7.64. The van der Waals surface area contributed by atoms with Gasteiger partial charge in [-0.3, -0.25) is 4.98 Å². The summed E-state index contributed by atoms with van der Waals surface area (Å²) in [4.78, 5) is 4.52. The molecule has 3 N–H and O–H groups in total. The molecule has 3 heteroatoms. The number of nitrogens with two attached hydrogens (primary N) is 1. The summed E-state index contributed by atoms with van der Waals surface area (Å²) < 4.78 is 0. The van der Waals surface area contributed by atoms with Gasteiger partial charge in [0.25, 0.3) is 0 Å². The molecule has 1 fully saturated rings. The van der Waals surface area contributed by atoms with Crippen molar-refractivity contribution in [2.45, 2.75) is 38.3 Å². The number of hydrogen-bond donors (Lipinski definition) is 2. The molecule has 0 aliphatic heterocycles. The number of rotatable bonds is 4. The molecule has 1 heterocycles. The van der Waals surface area contributed by atoms with Gasteiger partial charge in [-0.15, -0.1) is 0 Å². The summed E-state index contributed by atoms with van der Waals surface area (Å²) in [6.45, 7) is 1.68. The molecule has 1 aromatic heterocycles. The molecule has 0 amide bonds. The lowest BCUT2D eigenvalue weighted by Gasteiger charge is -2.31. The molecule has 106 valence electrons. The van der Waals surface area contributed by atoms with Crippen LogP contribution >= 0.6 is 0 Å². The molecule has 2 unspecified atom stereocenters. The second-order valence-electron chi connectivity index (χ2n) is 5.76. The van der Waals surface area contributed by atoms with E-state index in [0.717, 1.165) is 18.6 Å². The minimum absolute atomic E-state index is 0.563. The van der Waals surface area contributed by atoms with E-state index >= 15 is 0 Å². The Morgan fingerprint density at radius 1 is 1.15 bits per heavy atom. The molecule has 3 rings (SSSR count). The Labute approximate surface area is 120 Å². The van der Waals surface area contributed by atoms with Crippen molar-refractivity contribution < 1.29 is 0 Å². The molecule has 1 aliphatic rings. The number of aromatic nitrogens is 1. The van der Waals surface area contributed by atoms with E-state index in [4.69, 9.17) is 5.73 Å². The molecule has 0 saturated heterocycles. The molecule has 1 saturated carbocycles. The summed E-state index contributed by atoms with van der Waals surface area (Å²) >= 11 is 0. The first kappa shape index (κ1) is 13.5. The Morgan fingerprint density at radius 3 is 2.90 bits per heavy atom. The zero-order chi connectivity index (χ0) is 13.8. The quantitative estimate of drug-likeness (QED) is 0.897. The van der Waals surface area contributed by atoms with Gasteiger partial charge in [-0.05, 0) is 36.9 Å². The Bertz CT molecular complexity index is 562. The maximum Gasteiger partial charge on any atom is 0.0746 e. The maximum atomic E-state index is 5.90. The monoisotopic (exact) mass is 269 g/mol. The predicted molar refractivity (Wildman–Crippen MR) is 83.4 cm³/mol. The zero-order valence-corrected chi connectivity index (χ0v) is 11.9. The number of fused-ring (bicyclic) bond motifs is 1. The number of benzene rings is 1. The zero-order valence-electron chi connectivity index (χ0n) is 11.9. The second kappa shape index (κ2) is 6.33. The Kier molecular flexibility index (Phi) is 4.28. The van der Waals surface area contributed by atoms with E-state index in [1.807, 2.05) is 12.3 Å². The molecule has 0 radical (unpaired) electrons. The first-order chi connectivity index (χ1) is 9.88. The number of nitrogens with one attached hydrogen (secondary N) is 1. The summed E-state index contributed by atoms with van der Waals surface area (Å²) in [7, 11) is 0. The van der Waals surface area contributed by atoms with Crippen LogP contribution in [0.1, 0.15) is 31.2 Å². The molecule has 1 aromatic carbocycles. The van der Waals surface area contributed by atoms with Crippen molar-refractivity contribution in [3.05, 3.63) is 42.1 Å². The maximum absolute atomic E-state index is 5.90. The fraction of sp³-hybridized carbons (Fsp3) is 0.471. The Balaban J connectivity index is 1.73. The highest BCUT2D eigenvalue weighted by molar-refractivity contribution is 5.81. The van der Waals surface area contributed by atoms with Crippen LogP contribution in [0.4, 0.5) is 0 Å². The van der Waals surface area contributed by atoms with Crippen molar-refractivity contribution in [2.24, 2.45) is 11.7 Å². The van der Waals surface area contributed by atoms with E-state index in [1.54, 1.807) is 0 Å². The van der Waals surface area contributed by atoms with Gasteiger partial charge in [0.1, 0.15) is 0 Å². The second-order valence-corrected chi connectivity index (χ2v) is 5.76. The van der Waals surface area contributed by atoms with Crippen LogP contribution in [-0.4, -0.2) is 17.6 Å². The first-order valence-corrected chi connectivity index (χ1v) is 7.64. The Hall–Kier alpha value is -1.45. The molecule has 1 aliphatic carbocycles. The highest BCUT2D eigenvalue weighted by Crippen LogP contribution is 2.24. The Morgan fingerprint density at radius 2 is 2.00 bits per heavy atom. The molecule has 0 spiro atoms. The van der Waals surface area contributed by atoms with E-state index < -0.39 is 0 Å². The molecule has 3 nitrogen and oxygen atoms in total. The van der Waals surface area contributed by atoms with E-state index in [1.165, 1.54) is 36.6 Å². The van der Waals surface area contributed by atoms with Gasteiger partial charge in [0.2, 0.25) is 0 Å². The van der Waals surface area contributed by atoms with E-state index in [-0.39, 0.29) is 0 Å². The number of para-hydroxylation sites is 1. The van der Waals surface area contributed by atoms with Gasteiger partial charge in [0, 0.05) is 24.2 Å². The van der Waals surface area contributed by atoms with Gasteiger partial charge < -0.3 is 11.1 Å². The summed E-state index contributed by atoms with van der Waals surface area (Å²) in [5.41, 5.74) is 8.30. The molecule has 20 heavy (non-hydrogen) atoms. The molecular weight excluding hydrogens is 246 g/mol. The van der Waals surface area contributed by atoms with Crippen LogP contribution in [0, 0.1) is 5.92 Å². The van der Waals surface area contributed by atoms with Crippen LogP contribution in [0.2, 0.25) is 0 Å². The van der Waals surface area contributed by atoms with E-state index in [0.29, 0.717) is 12.0 Å². The fourth-order valence-electron chi connectivity index (χ4n) is 3.31. The summed E-state index contributed by atoms with van der Waals surface area (Å²) in [5.74, 6) is 0.631. The highest BCUT2D eigenvalue weighted by Gasteiger charge is 2.23. The SMILES string of the molecule is NCC1CCCCC1NCc1cccc2cccnc12. The van der Waals surface area contributed by atoms with Crippen LogP contribution in [0.3, 0.4) is 0 Å². The third-order valence-corrected chi connectivity index (χ3v) is 4.48. The van der Waals surface area contributed by atoms with Crippen LogP contribution in [-0.2, 0) is 6.54 Å². The third-order valence-electron chi connectivity index (χ3n) is 4.48. The van der Waals surface area contributed by atoms with Gasteiger partial charge in [0.05, 0.1) is 5.52 Å².